The van der Waals surface area contributed by atoms with Crippen LogP contribution < -0.4 is 10.6 Å². The average molecular weight is 391 g/mol. The summed E-state index contributed by atoms with van der Waals surface area (Å²) in [6, 6.07) is 15.3. The van der Waals surface area contributed by atoms with Crippen molar-refractivity contribution in [1.82, 2.24) is 15.0 Å². The van der Waals surface area contributed by atoms with Crippen LogP contribution in [-0.4, -0.2) is 26.8 Å². The Hall–Kier alpha value is -3.48. The van der Waals surface area contributed by atoms with E-state index in [0.717, 1.165) is 35.3 Å². The van der Waals surface area contributed by atoms with Gasteiger partial charge in [0.1, 0.15) is 6.54 Å². The minimum atomic E-state index is -0.341. The number of aryl methyl sites for hydroxylation is 2. The topological polar surface area (TPSA) is 88.9 Å². The molecule has 1 heterocycles. The molecule has 0 aliphatic rings. The standard InChI is InChI=1S/C22H25N5O2/c1-4-16-10-6-8-12-18(16)23-20(28)14-27-15(3)21(25-26-27)22(29)24-19-13-9-7-11-17(19)5-2/h6-13H,4-5,14H2,1-3H3,(H,23,28)(H,24,29). The van der Waals surface area contributed by atoms with Gasteiger partial charge < -0.3 is 10.6 Å². The maximum absolute atomic E-state index is 12.6. The van der Waals surface area contributed by atoms with Crippen LogP contribution in [0.5, 0.6) is 0 Å². The molecule has 2 amide bonds. The Morgan fingerprint density at radius 1 is 0.897 bits per heavy atom. The number of amides is 2. The van der Waals surface area contributed by atoms with E-state index in [0.29, 0.717) is 5.69 Å². The molecule has 2 N–H and O–H groups in total. The first-order valence-electron chi connectivity index (χ1n) is 9.70. The highest BCUT2D eigenvalue weighted by atomic mass is 16.2. The van der Waals surface area contributed by atoms with Crippen molar-refractivity contribution in [2.24, 2.45) is 0 Å². The van der Waals surface area contributed by atoms with Gasteiger partial charge >= 0.3 is 0 Å². The summed E-state index contributed by atoms with van der Waals surface area (Å²) in [5.74, 6) is -0.562. The van der Waals surface area contributed by atoms with Crippen LogP contribution in [0.3, 0.4) is 0 Å². The molecule has 0 unspecified atom stereocenters. The normalized spacial score (nSPS) is 10.6. The average Bonchev–Trinajstić information content (AvgIpc) is 3.09. The summed E-state index contributed by atoms with van der Waals surface area (Å²) in [7, 11) is 0. The Kier molecular flexibility index (Phi) is 6.39. The van der Waals surface area contributed by atoms with E-state index in [1.54, 1.807) is 6.92 Å². The van der Waals surface area contributed by atoms with Crippen molar-refractivity contribution in [2.75, 3.05) is 10.6 Å². The minimum absolute atomic E-state index is 0.0181. The van der Waals surface area contributed by atoms with Crippen LogP contribution in [0.25, 0.3) is 0 Å². The van der Waals surface area contributed by atoms with E-state index in [9.17, 15) is 9.59 Å². The zero-order chi connectivity index (χ0) is 20.8. The Bertz CT molecular complexity index is 1030. The number of nitrogens with one attached hydrogen (secondary N) is 2. The number of aromatic nitrogens is 3. The van der Waals surface area contributed by atoms with Gasteiger partial charge in [0.15, 0.2) is 5.69 Å². The maximum Gasteiger partial charge on any atom is 0.278 e. The van der Waals surface area contributed by atoms with Crippen LogP contribution in [-0.2, 0) is 24.2 Å². The molecule has 0 saturated heterocycles. The third kappa shape index (κ3) is 4.68. The van der Waals surface area contributed by atoms with Crippen LogP contribution in [0.4, 0.5) is 11.4 Å². The Labute approximate surface area is 170 Å². The van der Waals surface area contributed by atoms with E-state index in [4.69, 9.17) is 0 Å². The molecular formula is C22H25N5O2. The van der Waals surface area contributed by atoms with Gasteiger partial charge in [-0.1, -0.05) is 55.5 Å². The van der Waals surface area contributed by atoms with Crippen LogP contribution in [0.1, 0.15) is 41.2 Å². The van der Waals surface area contributed by atoms with Gasteiger partial charge in [0.25, 0.3) is 5.91 Å². The summed E-state index contributed by atoms with van der Waals surface area (Å²) < 4.78 is 1.44. The number of anilines is 2. The number of carbonyl (C=O) groups excluding carboxylic acids is 2. The number of para-hydroxylation sites is 2. The van der Waals surface area contributed by atoms with Gasteiger partial charge in [-0.15, -0.1) is 5.10 Å². The van der Waals surface area contributed by atoms with Gasteiger partial charge in [0, 0.05) is 11.4 Å². The first-order chi connectivity index (χ1) is 14.0. The quantitative estimate of drug-likeness (QED) is 0.644. The number of hydrogen-bond acceptors (Lipinski definition) is 4. The predicted molar refractivity (Wildman–Crippen MR) is 113 cm³/mol. The molecule has 0 aliphatic carbocycles. The molecule has 2 aromatic carbocycles. The van der Waals surface area contributed by atoms with Gasteiger partial charge in [-0.2, -0.15) is 0 Å². The molecule has 0 aliphatic heterocycles. The number of benzene rings is 2. The SMILES string of the molecule is CCc1ccccc1NC(=O)Cn1nnc(C(=O)Nc2ccccc2CC)c1C. The summed E-state index contributed by atoms with van der Waals surface area (Å²) in [6.45, 7) is 5.78. The van der Waals surface area contributed by atoms with Gasteiger partial charge in [-0.3, -0.25) is 9.59 Å². The van der Waals surface area contributed by atoms with Crippen molar-refractivity contribution in [3.63, 3.8) is 0 Å². The predicted octanol–water partition coefficient (Wildman–Crippen LogP) is 3.60. The second-order valence-corrected chi connectivity index (χ2v) is 6.70. The minimum Gasteiger partial charge on any atom is -0.324 e. The van der Waals surface area contributed by atoms with E-state index in [2.05, 4.69) is 20.9 Å². The molecule has 29 heavy (non-hydrogen) atoms. The van der Waals surface area contributed by atoms with E-state index >= 15 is 0 Å². The molecule has 7 heteroatoms. The third-order valence-corrected chi connectivity index (χ3v) is 4.81. The molecular weight excluding hydrogens is 366 g/mol. The van der Waals surface area contributed by atoms with Gasteiger partial charge in [0.2, 0.25) is 5.91 Å². The molecule has 0 atom stereocenters. The highest BCUT2D eigenvalue weighted by molar-refractivity contribution is 6.04. The molecule has 150 valence electrons. The zero-order valence-electron chi connectivity index (χ0n) is 16.9. The van der Waals surface area contributed by atoms with Crippen molar-refractivity contribution in [3.8, 4) is 0 Å². The molecule has 0 radical (unpaired) electrons. The lowest BCUT2D eigenvalue weighted by Crippen LogP contribution is -2.21. The summed E-state index contributed by atoms with van der Waals surface area (Å²) in [6.07, 6.45) is 1.63. The molecule has 0 spiro atoms. The van der Waals surface area contributed by atoms with Crippen molar-refractivity contribution in [3.05, 3.63) is 71.0 Å². The van der Waals surface area contributed by atoms with Crippen molar-refractivity contribution in [2.45, 2.75) is 40.2 Å². The lowest BCUT2D eigenvalue weighted by molar-refractivity contribution is -0.117. The Morgan fingerprint density at radius 2 is 1.45 bits per heavy atom. The third-order valence-electron chi connectivity index (χ3n) is 4.81. The van der Waals surface area contributed by atoms with Crippen molar-refractivity contribution in [1.29, 1.82) is 0 Å². The van der Waals surface area contributed by atoms with E-state index < -0.39 is 0 Å². The van der Waals surface area contributed by atoms with Gasteiger partial charge in [-0.25, -0.2) is 4.68 Å². The fourth-order valence-corrected chi connectivity index (χ4v) is 3.13. The molecule has 3 rings (SSSR count). The maximum atomic E-state index is 12.6. The van der Waals surface area contributed by atoms with Crippen LogP contribution in [0, 0.1) is 6.92 Å². The van der Waals surface area contributed by atoms with E-state index in [1.807, 2.05) is 62.4 Å². The zero-order valence-corrected chi connectivity index (χ0v) is 16.9. The van der Waals surface area contributed by atoms with Crippen molar-refractivity contribution < 1.29 is 9.59 Å². The van der Waals surface area contributed by atoms with E-state index in [-0.39, 0.29) is 24.1 Å². The Balaban J connectivity index is 1.70. The van der Waals surface area contributed by atoms with Crippen LogP contribution in [0.2, 0.25) is 0 Å². The summed E-state index contributed by atoms with van der Waals surface area (Å²) in [5, 5.41) is 13.8. The second kappa shape index (κ2) is 9.14. The van der Waals surface area contributed by atoms with Crippen LogP contribution in [0.15, 0.2) is 48.5 Å². The van der Waals surface area contributed by atoms with E-state index in [1.165, 1.54) is 4.68 Å². The second-order valence-electron chi connectivity index (χ2n) is 6.70. The molecule has 1 aromatic heterocycles. The monoisotopic (exact) mass is 391 g/mol. The first-order valence-corrected chi connectivity index (χ1v) is 9.70. The number of rotatable bonds is 7. The lowest BCUT2D eigenvalue weighted by atomic mass is 10.1. The van der Waals surface area contributed by atoms with Gasteiger partial charge in [-0.05, 0) is 43.0 Å². The Morgan fingerprint density at radius 3 is 2.03 bits per heavy atom. The number of nitrogens with zero attached hydrogens (tertiary/aromatic N) is 3. The molecule has 0 bridgehead atoms. The molecule has 3 aromatic rings. The number of hydrogen-bond donors (Lipinski definition) is 2. The van der Waals surface area contributed by atoms with Crippen molar-refractivity contribution >= 4 is 23.2 Å². The largest absolute Gasteiger partial charge is 0.324 e. The molecule has 0 saturated carbocycles. The highest BCUT2D eigenvalue weighted by Gasteiger charge is 2.19. The first kappa shape index (κ1) is 20.3. The lowest BCUT2D eigenvalue weighted by Gasteiger charge is -2.10. The smallest absolute Gasteiger partial charge is 0.278 e. The summed E-state index contributed by atoms with van der Waals surface area (Å²) >= 11 is 0. The van der Waals surface area contributed by atoms with Crippen LogP contribution >= 0.6 is 0 Å². The highest BCUT2D eigenvalue weighted by Crippen LogP contribution is 2.18. The molecule has 7 nitrogen and oxygen atoms in total. The fraction of sp³-hybridized carbons (Fsp3) is 0.273. The molecule has 0 fully saturated rings. The summed E-state index contributed by atoms with van der Waals surface area (Å²) in [4.78, 5) is 25.1. The van der Waals surface area contributed by atoms with Gasteiger partial charge in [0.05, 0.1) is 5.69 Å². The number of carbonyl (C=O) groups is 2. The fourth-order valence-electron chi connectivity index (χ4n) is 3.13. The summed E-state index contributed by atoms with van der Waals surface area (Å²) in [5.41, 5.74) is 4.38.